The van der Waals surface area contributed by atoms with Crippen LogP contribution < -0.4 is 0 Å². The van der Waals surface area contributed by atoms with E-state index in [-0.39, 0.29) is 5.69 Å². The van der Waals surface area contributed by atoms with Gasteiger partial charge in [0.2, 0.25) is 0 Å². The molecule has 1 aliphatic rings. The van der Waals surface area contributed by atoms with E-state index in [0.717, 1.165) is 39.3 Å². The molecule has 0 aliphatic heterocycles. The molecule has 4 rings (SSSR count). The molecule has 7 heteroatoms. The van der Waals surface area contributed by atoms with E-state index in [1.54, 1.807) is 22.1 Å². The average Bonchev–Trinajstić information content (AvgIpc) is 3.09. The van der Waals surface area contributed by atoms with E-state index in [4.69, 9.17) is 21.7 Å². The number of fused-ring (bicyclic) bond motifs is 1. The maximum Gasteiger partial charge on any atom is 0.356 e. The molecule has 2 heterocycles. The number of aryl methyl sites for hydroxylation is 1. The fourth-order valence-electron chi connectivity index (χ4n) is 3.46. The zero-order valence-corrected chi connectivity index (χ0v) is 16.6. The molecule has 0 saturated heterocycles. The number of rotatable bonds is 4. The molecule has 0 unspecified atom stereocenters. The van der Waals surface area contributed by atoms with Gasteiger partial charge in [0.05, 0.1) is 16.8 Å². The minimum Gasteiger partial charge on any atom is -0.476 e. The maximum absolute atomic E-state index is 11.2. The zero-order valence-electron chi connectivity index (χ0n) is 15.0. The molecule has 0 radical (unpaired) electrons. The van der Waals surface area contributed by atoms with Gasteiger partial charge in [-0.3, -0.25) is 4.68 Å². The number of thiazole rings is 1. The first-order chi connectivity index (χ1) is 13.0. The third-order valence-electron chi connectivity index (χ3n) is 4.87. The summed E-state index contributed by atoms with van der Waals surface area (Å²) in [5, 5.41) is 15.1. The monoisotopic (exact) mass is 401 g/mol. The summed E-state index contributed by atoms with van der Waals surface area (Å²) in [4.78, 5) is 16.1. The molecule has 5 nitrogen and oxygen atoms in total. The molecular formula is C20H20ClN3O2S. The molecule has 1 aliphatic carbocycles. The number of hydrogen-bond acceptors (Lipinski definition) is 4. The lowest BCUT2D eigenvalue weighted by Gasteiger charge is -2.06. The number of aromatic nitrogens is 3. The summed E-state index contributed by atoms with van der Waals surface area (Å²) in [6, 6.07) is 5.43. The summed E-state index contributed by atoms with van der Waals surface area (Å²) < 4.78 is 2.75. The van der Waals surface area contributed by atoms with Crippen molar-refractivity contribution >= 4 is 44.7 Å². The Labute approximate surface area is 166 Å². The average molecular weight is 402 g/mol. The van der Waals surface area contributed by atoms with Crippen molar-refractivity contribution in [3.05, 3.63) is 51.3 Å². The van der Waals surface area contributed by atoms with Crippen LogP contribution in [0.15, 0.2) is 24.3 Å². The van der Waals surface area contributed by atoms with Crippen LogP contribution in [0.5, 0.6) is 0 Å². The van der Waals surface area contributed by atoms with Gasteiger partial charge < -0.3 is 5.11 Å². The number of allylic oxidation sites excluding steroid dienone is 2. The molecule has 1 aromatic carbocycles. The summed E-state index contributed by atoms with van der Waals surface area (Å²) in [7, 11) is 0. The Morgan fingerprint density at radius 1 is 1.30 bits per heavy atom. The molecule has 0 spiro atoms. The van der Waals surface area contributed by atoms with E-state index >= 15 is 0 Å². The van der Waals surface area contributed by atoms with Gasteiger partial charge in [0.25, 0.3) is 0 Å². The minimum atomic E-state index is -1.02. The zero-order chi connectivity index (χ0) is 19.0. The lowest BCUT2D eigenvalue weighted by Crippen LogP contribution is -2.06. The molecule has 3 aromatic rings. The van der Waals surface area contributed by atoms with Crippen LogP contribution in [-0.2, 0) is 6.54 Å². The number of aromatic carboxylic acids is 1. The van der Waals surface area contributed by atoms with Gasteiger partial charge in [-0.1, -0.05) is 24.1 Å². The first-order valence-electron chi connectivity index (χ1n) is 9.07. The molecule has 0 amide bonds. The van der Waals surface area contributed by atoms with Crippen molar-refractivity contribution in [3.8, 4) is 0 Å². The number of nitrogens with zero attached hydrogens (tertiary/aromatic N) is 3. The van der Waals surface area contributed by atoms with Gasteiger partial charge in [0, 0.05) is 16.3 Å². The van der Waals surface area contributed by atoms with Crippen LogP contribution in [0.1, 0.15) is 58.9 Å². The Morgan fingerprint density at radius 2 is 2.15 bits per heavy atom. The largest absolute Gasteiger partial charge is 0.476 e. The van der Waals surface area contributed by atoms with E-state index < -0.39 is 5.97 Å². The van der Waals surface area contributed by atoms with Crippen LogP contribution >= 0.6 is 22.9 Å². The van der Waals surface area contributed by atoms with Crippen LogP contribution in [0.3, 0.4) is 0 Å². The maximum atomic E-state index is 11.2. The lowest BCUT2D eigenvalue weighted by molar-refractivity contribution is 0.0689. The van der Waals surface area contributed by atoms with Crippen LogP contribution in [0.2, 0.25) is 5.02 Å². The molecule has 2 aromatic heterocycles. The predicted molar refractivity (Wildman–Crippen MR) is 109 cm³/mol. The van der Waals surface area contributed by atoms with Crippen molar-refractivity contribution in [2.75, 3.05) is 0 Å². The number of carboxylic acids is 1. The predicted octanol–water partition coefficient (Wildman–Crippen LogP) is 5.55. The molecule has 0 atom stereocenters. The molecule has 0 bridgehead atoms. The smallest absolute Gasteiger partial charge is 0.356 e. The van der Waals surface area contributed by atoms with Gasteiger partial charge in [-0.2, -0.15) is 5.10 Å². The van der Waals surface area contributed by atoms with Crippen molar-refractivity contribution in [1.82, 2.24) is 14.8 Å². The van der Waals surface area contributed by atoms with E-state index in [9.17, 15) is 4.79 Å². The summed E-state index contributed by atoms with van der Waals surface area (Å²) in [6.07, 6.45) is 8.23. The first-order valence-corrected chi connectivity index (χ1v) is 10.3. The molecule has 140 valence electrons. The van der Waals surface area contributed by atoms with E-state index in [2.05, 4.69) is 11.2 Å². The minimum absolute atomic E-state index is 0.0494. The number of halogens is 1. The Morgan fingerprint density at radius 3 is 2.93 bits per heavy atom. The summed E-state index contributed by atoms with van der Waals surface area (Å²) in [6.45, 7) is 2.29. The van der Waals surface area contributed by atoms with Gasteiger partial charge in [-0.25, -0.2) is 9.78 Å². The van der Waals surface area contributed by atoms with E-state index in [1.165, 1.54) is 24.8 Å². The van der Waals surface area contributed by atoms with Crippen LogP contribution in [-0.4, -0.2) is 25.8 Å². The highest BCUT2D eigenvalue weighted by Crippen LogP contribution is 2.35. The summed E-state index contributed by atoms with van der Waals surface area (Å²) in [5.74, 6) is -1.02. The molecule has 27 heavy (non-hydrogen) atoms. The SMILES string of the molecule is Cc1cc(C(=O)O)nn1Cc1cc(Cl)cc2sc(C3=CCCCCC3)nc12. The highest BCUT2D eigenvalue weighted by atomic mass is 35.5. The third-order valence-corrected chi connectivity index (χ3v) is 6.17. The van der Waals surface area contributed by atoms with Crippen molar-refractivity contribution < 1.29 is 9.90 Å². The normalized spacial score (nSPS) is 15.0. The van der Waals surface area contributed by atoms with Gasteiger partial charge >= 0.3 is 5.97 Å². The second-order valence-electron chi connectivity index (χ2n) is 6.89. The van der Waals surface area contributed by atoms with Crippen molar-refractivity contribution in [2.45, 2.75) is 45.6 Å². The van der Waals surface area contributed by atoms with Crippen molar-refractivity contribution in [2.24, 2.45) is 0 Å². The first kappa shape index (κ1) is 18.2. The topological polar surface area (TPSA) is 68.0 Å². The van der Waals surface area contributed by atoms with E-state index in [0.29, 0.717) is 11.6 Å². The Balaban J connectivity index is 1.74. The van der Waals surface area contributed by atoms with Crippen molar-refractivity contribution in [3.63, 3.8) is 0 Å². The highest BCUT2D eigenvalue weighted by molar-refractivity contribution is 7.19. The highest BCUT2D eigenvalue weighted by Gasteiger charge is 2.16. The number of carbonyl (C=O) groups is 1. The van der Waals surface area contributed by atoms with Crippen LogP contribution in [0.25, 0.3) is 15.8 Å². The van der Waals surface area contributed by atoms with Gasteiger partial charge in [-0.15, -0.1) is 11.3 Å². The lowest BCUT2D eigenvalue weighted by atomic mass is 10.1. The van der Waals surface area contributed by atoms with Crippen LogP contribution in [0.4, 0.5) is 0 Å². The molecule has 0 saturated carbocycles. The summed E-state index contributed by atoms with van der Waals surface area (Å²) >= 11 is 8.03. The van der Waals surface area contributed by atoms with Gasteiger partial charge in [-0.05, 0) is 56.4 Å². The molecule has 0 fully saturated rings. The quantitative estimate of drug-likeness (QED) is 0.622. The number of carboxylic acid groups (broad SMARTS) is 1. The Kier molecular flexibility index (Phi) is 5.02. The van der Waals surface area contributed by atoms with Gasteiger partial charge in [0.1, 0.15) is 5.01 Å². The Bertz CT molecular complexity index is 1050. The molecule has 1 N–H and O–H groups in total. The fraction of sp³-hybridized carbons (Fsp3) is 0.350. The van der Waals surface area contributed by atoms with Crippen molar-refractivity contribution in [1.29, 1.82) is 0 Å². The third kappa shape index (κ3) is 3.77. The standard InChI is InChI=1S/C20H20ClN3O2S/c1-12-8-16(20(25)26)23-24(12)11-14-9-15(21)10-17-18(14)22-19(27-17)13-6-4-2-3-5-7-13/h6,8-10H,2-5,7,11H2,1H3,(H,25,26). The second kappa shape index (κ2) is 7.44. The molecular weight excluding hydrogens is 382 g/mol. The number of benzene rings is 1. The number of hydrogen-bond donors (Lipinski definition) is 1. The van der Waals surface area contributed by atoms with Gasteiger partial charge in [0.15, 0.2) is 5.69 Å². The van der Waals surface area contributed by atoms with Crippen LogP contribution in [0, 0.1) is 6.92 Å². The second-order valence-corrected chi connectivity index (χ2v) is 8.36. The summed E-state index contributed by atoms with van der Waals surface area (Å²) in [5.41, 5.74) is 4.06. The Hall–Kier alpha value is -2.18. The fourth-order valence-corrected chi connectivity index (χ4v) is 4.89. The van der Waals surface area contributed by atoms with E-state index in [1.807, 2.05) is 19.1 Å².